The second-order valence-electron chi connectivity index (χ2n) is 5.90. The predicted octanol–water partition coefficient (Wildman–Crippen LogP) is 3.59. The number of hydrogen-bond donors (Lipinski definition) is 2. The molecule has 24 heavy (non-hydrogen) atoms. The van der Waals surface area contributed by atoms with Gasteiger partial charge >= 0.3 is 5.97 Å². The summed E-state index contributed by atoms with van der Waals surface area (Å²) >= 11 is 11.8. The van der Waals surface area contributed by atoms with Crippen LogP contribution in [0.5, 0.6) is 0 Å². The van der Waals surface area contributed by atoms with Crippen molar-refractivity contribution < 1.29 is 19.2 Å². The molecular formula is C16H14Cl2N2O4. The Morgan fingerprint density at radius 2 is 2.00 bits per heavy atom. The van der Waals surface area contributed by atoms with Gasteiger partial charge in [-0.1, -0.05) is 34.4 Å². The van der Waals surface area contributed by atoms with Crippen molar-refractivity contribution in [2.24, 2.45) is 0 Å². The summed E-state index contributed by atoms with van der Waals surface area (Å²) in [5.41, 5.74) is -0.691. The highest BCUT2D eigenvalue weighted by atomic mass is 35.5. The van der Waals surface area contributed by atoms with Crippen molar-refractivity contribution in [3.05, 3.63) is 51.3 Å². The molecule has 3 rings (SSSR count). The van der Waals surface area contributed by atoms with Gasteiger partial charge in [0.05, 0.1) is 15.7 Å². The maximum absolute atomic E-state index is 12.4. The van der Waals surface area contributed by atoms with E-state index in [9.17, 15) is 14.7 Å². The molecule has 0 radical (unpaired) electrons. The summed E-state index contributed by atoms with van der Waals surface area (Å²) in [6.45, 7) is 1.37. The van der Waals surface area contributed by atoms with Crippen LogP contribution >= 0.6 is 23.2 Å². The molecule has 8 heteroatoms. The van der Waals surface area contributed by atoms with Crippen molar-refractivity contribution in [3.8, 4) is 0 Å². The molecule has 0 saturated heterocycles. The van der Waals surface area contributed by atoms with Crippen LogP contribution in [0.3, 0.4) is 0 Å². The fourth-order valence-electron chi connectivity index (χ4n) is 2.31. The molecule has 0 spiro atoms. The smallest absolute Gasteiger partial charge is 0.333 e. The fraction of sp³-hybridized carbons (Fsp3) is 0.312. The largest absolute Gasteiger partial charge is 0.479 e. The monoisotopic (exact) mass is 368 g/mol. The average molecular weight is 369 g/mol. The highest BCUT2D eigenvalue weighted by molar-refractivity contribution is 6.42. The first kappa shape index (κ1) is 16.8. The summed E-state index contributed by atoms with van der Waals surface area (Å²) in [6, 6.07) is 5.93. The van der Waals surface area contributed by atoms with E-state index in [2.05, 4.69) is 10.5 Å². The van der Waals surface area contributed by atoms with Gasteiger partial charge in [0.25, 0.3) is 5.91 Å². The van der Waals surface area contributed by atoms with Gasteiger partial charge in [-0.15, -0.1) is 0 Å². The average Bonchev–Trinajstić information content (AvgIpc) is 3.26. The van der Waals surface area contributed by atoms with Crippen LogP contribution in [0.25, 0.3) is 0 Å². The number of amides is 1. The number of benzene rings is 1. The maximum atomic E-state index is 12.4. The van der Waals surface area contributed by atoms with Crippen LogP contribution in [0.4, 0.5) is 0 Å². The van der Waals surface area contributed by atoms with Crippen LogP contribution < -0.4 is 5.32 Å². The van der Waals surface area contributed by atoms with Crippen molar-refractivity contribution in [3.63, 3.8) is 0 Å². The van der Waals surface area contributed by atoms with Crippen LogP contribution in [0.1, 0.15) is 47.5 Å². The van der Waals surface area contributed by atoms with E-state index in [4.69, 9.17) is 27.7 Å². The van der Waals surface area contributed by atoms with Crippen molar-refractivity contribution in [2.75, 3.05) is 0 Å². The highest BCUT2D eigenvalue weighted by Crippen LogP contribution is 2.39. The Bertz CT molecular complexity index is 816. The van der Waals surface area contributed by atoms with Gasteiger partial charge in [0.1, 0.15) is 0 Å². The van der Waals surface area contributed by atoms with E-state index in [0.717, 1.165) is 12.8 Å². The third-order valence-electron chi connectivity index (χ3n) is 4.04. The van der Waals surface area contributed by atoms with Crippen molar-refractivity contribution in [1.82, 2.24) is 10.5 Å². The number of rotatable bonds is 5. The van der Waals surface area contributed by atoms with Gasteiger partial charge in [-0.2, -0.15) is 0 Å². The molecule has 2 N–H and O–H groups in total. The third-order valence-corrected chi connectivity index (χ3v) is 4.78. The molecule has 0 aliphatic heterocycles. The SMILES string of the molecule is CC(NC(=O)c1cc(C2CC2)no1)(C(=O)O)c1ccc(Cl)c(Cl)c1. The summed E-state index contributed by atoms with van der Waals surface area (Å²) in [5, 5.41) is 16.4. The number of aliphatic carboxylic acids is 1. The highest BCUT2D eigenvalue weighted by Gasteiger charge is 2.38. The Morgan fingerprint density at radius 1 is 1.29 bits per heavy atom. The molecule has 1 atom stereocenters. The van der Waals surface area contributed by atoms with Crippen LogP contribution in [-0.2, 0) is 10.3 Å². The summed E-state index contributed by atoms with van der Waals surface area (Å²) in [4.78, 5) is 24.2. The summed E-state index contributed by atoms with van der Waals surface area (Å²) in [7, 11) is 0. The number of nitrogens with zero attached hydrogens (tertiary/aromatic N) is 1. The van der Waals surface area contributed by atoms with E-state index in [1.54, 1.807) is 6.07 Å². The number of nitrogens with one attached hydrogen (secondary N) is 1. The number of carbonyl (C=O) groups is 2. The molecule has 1 aromatic carbocycles. The first-order chi connectivity index (χ1) is 11.3. The normalized spacial score (nSPS) is 16.5. The molecule has 1 fully saturated rings. The molecule has 1 saturated carbocycles. The van der Waals surface area contributed by atoms with E-state index >= 15 is 0 Å². The van der Waals surface area contributed by atoms with Gasteiger partial charge in [-0.05, 0) is 37.5 Å². The van der Waals surface area contributed by atoms with E-state index < -0.39 is 17.4 Å². The lowest BCUT2D eigenvalue weighted by Gasteiger charge is -2.26. The lowest BCUT2D eigenvalue weighted by Crippen LogP contribution is -2.49. The molecule has 6 nitrogen and oxygen atoms in total. The summed E-state index contributed by atoms with van der Waals surface area (Å²) < 4.78 is 5.03. The maximum Gasteiger partial charge on any atom is 0.333 e. The fourth-order valence-corrected chi connectivity index (χ4v) is 2.61. The molecule has 1 aliphatic rings. The zero-order valence-electron chi connectivity index (χ0n) is 12.7. The van der Waals surface area contributed by atoms with Gasteiger partial charge < -0.3 is 14.9 Å². The Labute approximate surface area is 147 Å². The molecule has 1 amide bonds. The minimum absolute atomic E-state index is 0.0237. The first-order valence-corrected chi connectivity index (χ1v) is 8.05. The van der Waals surface area contributed by atoms with Gasteiger partial charge in [0.15, 0.2) is 5.54 Å². The quantitative estimate of drug-likeness (QED) is 0.840. The molecule has 1 heterocycles. The van der Waals surface area contributed by atoms with Gasteiger partial charge in [-0.3, -0.25) is 4.79 Å². The van der Waals surface area contributed by atoms with Crippen LogP contribution in [0.2, 0.25) is 10.0 Å². The van der Waals surface area contributed by atoms with Gasteiger partial charge in [-0.25, -0.2) is 4.79 Å². The molecule has 2 aromatic rings. The number of carbonyl (C=O) groups excluding carboxylic acids is 1. The van der Waals surface area contributed by atoms with E-state index in [-0.39, 0.29) is 10.8 Å². The predicted molar refractivity (Wildman–Crippen MR) is 87.4 cm³/mol. The lowest BCUT2D eigenvalue weighted by molar-refractivity contribution is -0.144. The topological polar surface area (TPSA) is 92.4 Å². The Morgan fingerprint density at radius 3 is 2.58 bits per heavy atom. The Balaban J connectivity index is 1.87. The number of carboxylic acids is 1. The van der Waals surface area contributed by atoms with Crippen LogP contribution in [-0.4, -0.2) is 22.1 Å². The van der Waals surface area contributed by atoms with Crippen molar-refractivity contribution in [2.45, 2.75) is 31.2 Å². The van der Waals surface area contributed by atoms with E-state index in [1.165, 1.54) is 25.1 Å². The second kappa shape index (κ2) is 6.11. The van der Waals surface area contributed by atoms with Crippen molar-refractivity contribution in [1.29, 1.82) is 0 Å². The Kier molecular flexibility index (Phi) is 4.27. The van der Waals surface area contributed by atoms with Gasteiger partial charge in [0.2, 0.25) is 5.76 Å². The van der Waals surface area contributed by atoms with E-state index in [0.29, 0.717) is 22.2 Å². The van der Waals surface area contributed by atoms with Crippen LogP contribution in [0.15, 0.2) is 28.8 Å². The molecule has 1 unspecified atom stereocenters. The van der Waals surface area contributed by atoms with Gasteiger partial charge in [0, 0.05) is 12.0 Å². The molecular weight excluding hydrogens is 355 g/mol. The molecule has 0 bridgehead atoms. The zero-order valence-corrected chi connectivity index (χ0v) is 14.2. The molecule has 126 valence electrons. The standard InChI is InChI=1S/C16H14Cl2N2O4/c1-16(15(22)23,9-4-5-10(17)11(18)6-9)19-14(21)13-7-12(20-24-13)8-2-3-8/h4-8H,2-3H2,1H3,(H,19,21)(H,22,23). The number of hydrogen-bond acceptors (Lipinski definition) is 4. The first-order valence-electron chi connectivity index (χ1n) is 7.29. The summed E-state index contributed by atoms with van der Waals surface area (Å²) in [5.74, 6) is -1.60. The Hall–Kier alpha value is -2.05. The summed E-state index contributed by atoms with van der Waals surface area (Å²) in [6.07, 6.45) is 2.04. The number of carboxylic acid groups (broad SMARTS) is 1. The lowest BCUT2D eigenvalue weighted by atomic mass is 9.92. The molecule has 1 aliphatic carbocycles. The minimum atomic E-state index is -1.70. The zero-order chi connectivity index (χ0) is 17.5. The second-order valence-corrected chi connectivity index (χ2v) is 6.72. The number of halogens is 2. The molecule has 1 aromatic heterocycles. The van der Waals surface area contributed by atoms with E-state index in [1.807, 2.05) is 0 Å². The van der Waals surface area contributed by atoms with Crippen LogP contribution in [0, 0.1) is 0 Å². The minimum Gasteiger partial charge on any atom is -0.479 e. The third kappa shape index (κ3) is 3.12. The number of aromatic nitrogens is 1. The van der Waals surface area contributed by atoms with Crippen molar-refractivity contribution >= 4 is 35.1 Å².